The molecule has 3 aromatic heterocycles. The van der Waals surface area contributed by atoms with Gasteiger partial charge < -0.3 is 20.6 Å². The van der Waals surface area contributed by atoms with Crippen molar-refractivity contribution in [3.63, 3.8) is 0 Å². The number of aromatic nitrogens is 5. The molecule has 0 saturated heterocycles. The quantitative estimate of drug-likeness (QED) is 0.366. The van der Waals surface area contributed by atoms with Crippen molar-refractivity contribution in [2.24, 2.45) is 0 Å². The number of aromatic amines is 2. The van der Waals surface area contributed by atoms with Gasteiger partial charge >= 0.3 is 0 Å². The number of aryl methyl sites for hydroxylation is 1. The number of nitrogens with one attached hydrogen (secondary N) is 4. The van der Waals surface area contributed by atoms with Crippen LogP contribution >= 0.6 is 0 Å². The maximum Gasteiger partial charge on any atom is 0.229 e. The molecule has 7 heteroatoms. The van der Waals surface area contributed by atoms with E-state index in [1.807, 2.05) is 49.5 Å². The van der Waals surface area contributed by atoms with Crippen LogP contribution in [0.3, 0.4) is 0 Å². The van der Waals surface area contributed by atoms with E-state index >= 15 is 0 Å². The minimum atomic E-state index is 0.554. The van der Waals surface area contributed by atoms with Crippen LogP contribution in [0.1, 0.15) is 11.4 Å². The molecule has 0 spiro atoms. The lowest BCUT2D eigenvalue weighted by Gasteiger charge is -2.09. The predicted molar refractivity (Wildman–Crippen MR) is 112 cm³/mol. The van der Waals surface area contributed by atoms with Crippen molar-refractivity contribution in [3.8, 4) is 0 Å². The summed E-state index contributed by atoms with van der Waals surface area (Å²) in [6, 6.07) is 16.2. The van der Waals surface area contributed by atoms with E-state index < -0.39 is 0 Å². The van der Waals surface area contributed by atoms with Crippen LogP contribution in [-0.2, 0) is 6.54 Å². The summed E-state index contributed by atoms with van der Waals surface area (Å²) in [6.07, 6.45) is 3.67. The summed E-state index contributed by atoms with van der Waals surface area (Å²) in [7, 11) is 0. The molecule has 0 aliphatic heterocycles. The van der Waals surface area contributed by atoms with Gasteiger partial charge in [-0.3, -0.25) is 0 Å². The minimum Gasteiger partial charge on any atom is -0.366 e. The molecule has 138 valence electrons. The van der Waals surface area contributed by atoms with Gasteiger partial charge in [-0.25, -0.2) is 9.97 Å². The molecule has 0 aliphatic rings. The molecule has 0 amide bonds. The predicted octanol–water partition coefficient (Wildman–Crippen LogP) is 4.50. The number of fused-ring (bicyclic) bond motifs is 2. The molecule has 0 aliphatic carbocycles. The summed E-state index contributed by atoms with van der Waals surface area (Å²) in [4.78, 5) is 19.8. The zero-order valence-corrected chi connectivity index (χ0v) is 15.3. The zero-order valence-electron chi connectivity index (χ0n) is 15.3. The largest absolute Gasteiger partial charge is 0.366 e. The van der Waals surface area contributed by atoms with Crippen LogP contribution < -0.4 is 10.6 Å². The number of anilines is 3. The maximum absolute atomic E-state index is 4.58. The van der Waals surface area contributed by atoms with E-state index in [4.69, 9.17) is 0 Å². The Morgan fingerprint density at radius 1 is 1.00 bits per heavy atom. The Morgan fingerprint density at radius 3 is 2.93 bits per heavy atom. The highest BCUT2D eigenvalue weighted by Crippen LogP contribution is 2.24. The van der Waals surface area contributed by atoms with Crippen LogP contribution in [0.4, 0.5) is 17.5 Å². The highest BCUT2D eigenvalue weighted by Gasteiger charge is 2.05. The average molecular weight is 369 g/mol. The molecule has 28 heavy (non-hydrogen) atoms. The first kappa shape index (κ1) is 16.3. The highest BCUT2D eigenvalue weighted by atomic mass is 15.1. The molecule has 7 nitrogen and oxygen atoms in total. The minimum absolute atomic E-state index is 0.554. The molecular weight excluding hydrogens is 350 g/mol. The van der Waals surface area contributed by atoms with Crippen molar-refractivity contribution < 1.29 is 0 Å². The molecule has 4 N–H and O–H groups in total. The number of imidazole rings is 1. The molecule has 3 heterocycles. The number of benzene rings is 2. The normalized spacial score (nSPS) is 11.2. The lowest BCUT2D eigenvalue weighted by Crippen LogP contribution is -2.04. The zero-order chi connectivity index (χ0) is 18.9. The Labute approximate surface area is 161 Å². The van der Waals surface area contributed by atoms with Crippen LogP contribution in [0.15, 0.2) is 60.9 Å². The molecule has 0 unspecified atom stereocenters. The van der Waals surface area contributed by atoms with Gasteiger partial charge in [0.25, 0.3) is 0 Å². The first-order chi connectivity index (χ1) is 13.7. The van der Waals surface area contributed by atoms with Gasteiger partial charge in [-0.05, 0) is 48.9 Å². The topological polar surface area (TPSA) is 94.3 Å². The van der Waals surface area contributed by atoms with Crippen molar-refractivity contribution in [2.75, 3.05) is 10.6 Å². The monoisotopic (exact) mass is 369 g/mol. The second kappa shape index (κ2) is 6.70. The van der Waals surface area contributed by atoms with Crippen LogP contribution in [-0.4, -0.2) is 24.9 Å². The summed E-state index contributed by atoms with van der Waals surface area (Å²) < 4.78 is 0. The van der Waals surface area contributed by atoms with Crippen LogP contribution in [0, 0.1) is 6.92 Å². The van der Waals surface area contributed by atoms with Crippen molar-refractivity contribution in [3.05, 3.63) is 72.3 Å². The molecule has 0 bridgehead atoms. The first-order valence-corrected chi connectivity index (χ1v) is 9.10. The van der Waals surface area contributed by atoms with E-state index in [-0.39, 0.29) is 0 Å². The SMILES string of the molecule is Cc1nc2ccc(CNc3ccnc(Nc4cccc5[nH]ccc45)n3)cc2[nH]1. The lowest BCUT2D eigenvalue weighted by molar-refractivity contribution is 1.09. The summed E-state index contributed by atoms with van der Waals surface area (Å²) in [5, 5.41) is 7.77. The van der Waals surface area contributed by atoms with Gasteiger partial charge in [0.05, 0.1) is 16.7 Å². The van der Waals surface area contributed by atoms with Gasteiger partial charge in [0, 0.05) is 29.8 Å². The number of H-pyrrole nitrogens is 2. The van der Waals surface area contributed by atoms with Crippen LogP contribution in [0.25, 0.3) is 21.9 Å². The van der Waals surface area contributed by atoms with Crippen LogP contribution in [0.2, 0.25) is 0 Å². The second-order valence-electron chi connectivity index (χ2n) is 6.66. The van der Waals surface area contributed by atoms with Gasteiger partial charge in [-0.2, -0.15) is 4.98 Å². The van der Waals surface area contributed by atoms with Gasteiger partial charge in [0.2, 0.25) is 5.95 Å². The summed E-state index contributed by atoms with van der Waals surface area (Å²) >= 11 is 0. The summed E-state index contributed by atoms with van der Waals surface area (Å²) in [5.41, 5.74) is 5.22. The Kier molecular flexibility index (Phi) is 3.90. The molecule has 0 fully saturated rings. The number of rotatable bonds is 5. The third-order valence-corrected chi connectivity index (χ3v) is 4.64. The van der Waals surface area contributed by atoms with Crippen molar-refractivity contribution in [1.29, 1.82) is 0 Å². The summed E-state index contributed by atoms with van der Waals surface area (Å²) in [5.74, 6) is 2.24. The third-order valence-electron chi connectivity index (χ3n) is 4.64. The van der Waals surface area contributed by atoms with Crippen molar-refractivity contribution in [1.82, 2.24) is 24.9 Å². The fraction of sp³-hybridized carbons (Fsp3) is 0.0952. The first-order valence-electron chi connectivity index (χ1n) is 9.10. The van der Waals surface area contributed by atoms with Crippen molar-refractivity contribution in [2.45, 2.75) is 13.5 Å². The number of hydrogen-bond donors (Lipinski definition) is 4. The Balaban J connectivity index is 1.33. The van der Waals surface area contributed by atoms with Gasteiger partial charge in [0.1, 0.15) is 11.6 Å². The standard InChI is InChI=1S/C21H19N7/c1-13-25-18-6-5-14(11-19(18)26-13)12-24-20-8-10-23-21(28-20)27-17-4-2-3-16-15(17)7-9-22-16/h2-11,22H,12H2,1H3,(H,25,26)(H2,23,24,27,28). The van der Waals surface area contributed by atoms with Crippen LogP contribution in [0.5, 0.6) is 0 Å². The Bertz CT molecular complexity index is 1270. The molecule has 0 saturated carbocycles. The third kappa shape index (κ3) is 3.14. The molecule has 5 rings (SSSR count). The molecule has 0 atom stereocenters. The lowest BCUT2D eigenvalue weighted by atomic mass is 10.2. The maximum atomic E-state index is 4.58. The van der Waals surface area contributed by atoms with Gasteiger partial charge in [0.15, 0.2) is 0 Å². The van der Waals surface area contributed by atoms with E-state index in [2.05, 4.69) is 47.7 Å². The molecular formula is C21H19N7. The van der Waals surface area contributed by atoms with E-state index in [1.165, 1.54) is 0 Å². The Hall–Kier alpha value is -3.87. The number of nitrogens with zero attached hydrogens (tertiary/aromatic N) is 3. The van der Waals surface area contributed by atoms with Gasteiger partial charge in [-0.15, -0.1) is 0 Å². The fourth-order valence-corrected chi connectivity index (χ4v) is 3.32. The average Bonchev–Trinajstić information content (AvgIpc) is 3.32. The smallest absolute Gasteiger partial charge is 0.229 e. The van der Waals surface area contributed by atoms with E-state index in [0.717, 1.165) is 44.8 Å². The molecule has 5 aromatic rings. The molecule has 2 aromatic carbocycles. The van der Waals surface area contributed by atoms with Gasteiger partial charge in [-0.1, -0.05) is 12.1 Å². The molecule has 0 radical (unpaired) electrons. The second-order valence-corrected chi connectivity index (χ2v) is 6.66. The summed E-state index contributed by atoms with van der Waals surface area (Å²) in [6.45, 7) is 2.62. The Morgan fingerprint density at radius 2 is 1.96 bits per heavy atom. The van der Waals surface area contributed by atoms with Crippen molar-refractivity contribution >= 4 is 39.4 Å². The van der Waals surface area contributed by atoms with E-state index in [1.54, 1.807) is 6.20 Å². The fourth-order valence-electron chi connectivity index (χ4n) is 3.32. The highest BCUT2D eigenvalue weighted by molar-refractivity contribution is 5.93. The van der Waals surface area contributed by atoms with E-state index in [9.17, 15) is 0 Å². The number of hydrogen-bond acceptors (Lipinski definition) is 5. The van der Waals surface area contributed by atoms with E-state index in [0.29, 0.717) is 12.5 Å².